The zero-order valence-corrected chi connectivity index (χ0v) is 17.4. The van der Waals surface area contributed by atoms with Gasteiger partial charge in [0.1, 0.15) is 5.75 Å². The van der Waals surface area contributed by atoms with Crippen LogP contribution in [0.2, 0.25) is 0 Å². The molecule has 1 atom stereocenters. The number of piperidine rings is 1. The van der Waals surface area contributed by atoms with Crippen LogP contribution < -0.4 is 4.74 Å². The number of rotatable bonds is 5. The predicted molar refractivity (Wildman–Crippen MR) is 108 cm³/mol. The van der Waals surface area contributed by atoms with E-state index >= 15 is 0 Å². The normalized spacial score (nSPS) is 19.8. The first kappa shape index (κ1) is 18.8. The van der Waals surface area contributed by atoms with Crippen LogP contribution in [0.1, 0.15) is 24.3 Å². The van der Waals surface area contributed by atoms with Crippen molar-refractivity contribution in [2.24, 2.45) is 5.92 Å². The quantitative estimate of drug-likeness (QED) is 0.616. The van der Waals surface area contributed by atoms with Gasteiger partial charge in [0.15, 0.2) is 0 Å². The fourth-order valence-electron chi connectivity index (χ4n) is 3.98. The van der Waals surface area contributed by atoms with Gasteiger partial charge in [-0.15, -0.1) is 0 Å². The Morgan fingerprint density at radius 1 is 1.28 bits per heavy atom. The lowest BCUT2D eigenvalue weighted by Crippen LogP contribution is -2.40. The minimum absolute atomic E-state index is 0.159. The van der Waals surface area contributed by atoms with Crippen molar-refractivity contribution >= 4 is 21.4 Å². The van der Waals surface area contributed by atoms with Crippen molar-refractivity contribution in [3.8, 4) is 17.1 Å². The lowest BCUT2D eigenvalue weighted by Gasteiger charge is -2.31. The van der Waals surface area contributed by atoms with Gasteiger partial charge in [0.05, 0.1) is 11.5 Å². The summed E-state index contributed by atoms with van der Waals surface area (Å²) >= 11 is 1.58. The summed E-state index contributed by atoms with van der Waals surface area (Å²) in [4.78, 5) is 4.83. The Kier molecular flexibility index (Phi) is 4.89. The molecule has 0 radical (unpaired) electrons. The number of sulfonamides is 1. The van der Waals surface area contributed by atoms with E-state index in [4.69, 9.17) is 9.26 Å². The highest BCUT2D eigenvalue weighted by Crippen LogP contribution is 2.31. The molecule has 5 rings (SSSR count). The van der Waals surface area contributed by atoms with Crippen LogP contribution in [-0.2, 0) is 22.9 Å². The molecule has 2 aromatic heterocycles. The second kappa shape index (κ2) is 7.55. The molecule has 152 valence electrons. The third kappa shape index (κ3) is 3.70. The zero-order chi connectivity index (χ0) is 19.8. The standard InChI is InChI=1S/C20H21N3O4S2/c24-29(25,17-3-4-18-15(11-17)5-8-26-18)23-7-1-2-14(12-23)10-19-21-20(22-27-19)16-6-9-28-13-16/h3-4,6,9,11,13-14H,1-2,5,7-8,10,12H2/t14-/m1/s1. The predicted octanol–water partition coefficient (Wildman–Crippen LogP) is 3.38. The van der Waals surface area contributed by atoms with Gasteiger partial charge in [-0.05, 0) is 54.0 Å². The second-order valence-electron chi connectivity index (χ2n) is 7.47. The van der Waals surface area contributed by atoms with E-state index in [1.54, 1.807) is 33.8 Å². The van der Waals surface area contributed by atoms with Gasteiger partial charge >= 0.3 is 0 Å². The van der Waals surface area contributed by atoms with Crippen LogP contribution in [0.4, 0.5) is 0 Å². The smallest absolute Gasteiger partial charge is 0.243 e. The molecule has 9 heteroatoms. The molecular formula is C20H21N3O4S2. The Morgan fingerprint density at radius 2 is 2.21 bits per heavy atom. The van der Waals surface area contributed by atoms with E-state index in [-0.39, 0.29) is 5.92 Å². The maximum Gasteiger partial charge on any atom is 0.243 e. The summed E-state index contributed by atoms with van der Waals surface area (Å²) in [7, 11) is -3.53. The molecule has 3 aromatic rings. The van der Waals surface area contributed by atoms with Gasteiger partial charge in [-0.1, -0.05) is 5.16 Å². The van der Waals surface area contributed by atoms with Gasteiger partial charge in [0.25, 0.3) is 0 Å². The van der Waals surface area contributed by atoms with E-state index in [1.165, 1.54) is 0 Å². The maximum atomic E-state index is 13.2. The molecule has 0 bridgehead atoms. The lowest BCUT2D eigenvalue weighted by molar-refractivity contribution is 0.247. The van der Waals surface area contributed by atoms with Crippen molar-refractivity contribution in [2.45, 2.75) is 30.6 Å². The van der Waals surface area contributed by atoms with Crippen molar-refractivity contribution < 1.29 is 17.7 Å². The van der Waals surface area contributed by atoms with Gasteiger partial charge in [0.2, 0.25) is 21.7 Å². The number of ether oxygens (including phenoxy) is 1. The topological polar surface area (TPSA) is 85.5 Å². The van der Waals surface area contributed by atoms with Crippen molar-refractivity contribution in [3.05, 3.63) is 46.5 Å². The molecule has 0 aliphatic carbocycles. The summed E-state index contributed by atoms with van der Waals surface area (Å²) in [6.45, 7) is 1.62. The van der Waals surface area contributed by atoms with Crippen LogP contribution in [0.3, 0.4) is 0 Å². The summed E-state index contributed by atoms with van der Waals surface area (Å²) in [5.74, 6) is 2.09. The van der Waals surface area contributed by atoms with E-state index in [0.29, 0.717) is 42.7 Å². The molecule has 0 saturated carbocycles. The molecular weight excluding hydrogens is 410 g/mol. The number of hydrogen-bond acceptors (Lipinski definition) is 7. The highest BCUT2D eigenvalue weighted by Gasteiger charge is 2.32. The molecule has 2 aliphatic rings. The van der Waals surface area contributed by atoms with Crippen LogP contribution in [-0.4, -0.2) is 42.6 Å². The Labute approximate surface area is 173 Å². The van der Waals surface area contributed by atoms with Crippen LogP contribution in [0.25, 0.3) is 11.4 Å². The highest BCUT2D eigenvalue weighted by molar-refractivity contribution is 7.89. The SMILES string of the molecule is O=S(=O)(c1ccc2c(c1)CCO2)N1CCC[C@H](Cc2nc(-c3ccsc3)no2)C1. The molecule has 0 spiro atoms. The largest absolute Gasteiger partial charge is 0.493 e. The first-order chi connectivity index (χ1) is 14.1. The monoisotopic (exact) mass is 431 g/mol. The number of benzene rings is 1. The zero-order valence-electron chi connectivity index (χ0n) is 15.8. The summed E-state index contributed by atoms with van der Waals surface area (Å²) in [5.41, 5.74) is 1.91. The van der Waals surface area contributed by atoms with Crippen molar-refractivity contribution in [1.29, 1.82) is 0 Å². The Bertz CT molecular complexity index is 1110. The number of nitrogens with zero attached hydrogens (tertiary/aromatic N) is 3. The van der Waals surface area contributed by atoms with Crippen LogP contribution in [0.5, 0.6) is 5.75 Å². The molecule has 29 heavy (non-hydrogen) atoms. The summed E-state index contributed by atoms with van der Waals surface area (Å²) in [6, 6.07) is 7.12. The van der Waals surface area contributed by atoms with Crippen LogP contribution in [0.15, 0.2) is 44.4 Å². The highest BCUT2D eigenvalue weighted by atomic mass is 32.2. The Balaban J connectivity index is 1.30. The molecule has 4 heterocycles. The van der Waals surface area contributed by atoms with Gasteiger partial charge in [-0.2, -0.15) is 20.6 Å². The molecule has 0 N–H and O–H groups in total. The average Bonchev–Trinajstić information content (AvgIpc) is 3.48. The van der Waals surface area contributed by atoms with Gasteiger partial charge in [-0.3, -0.25) is 0 Å². The van der Waals surface area contributed by atoms with E-state index in [1.807, 2.05) is 16.8 Å². The number of aromatic nitrogens is 2. The molecule has 7 nitrogen and oxygen atoms in total. The fourth-order valence-corrected chi connectivity index (χ4v) is 6.22. The summed E-state index contributed by atoms with van der Waals surface area (Å²) in [6.07, 6.45) is 3.11. The third-order valence-corrected chi connectivity index (χ3v) is 8.04. The minimum atomic E-state index is -3.53. The summed E-state index contributed by atoms with van der Waals surface area (Å²) < 4.78 is 38.9. The van der Waals surface area contributed by atoms with E-state index in [0.717, 1.165) is 36.1 Å². The Hall–Kier alpha value is -2.23. The fraction of sp³-hybridized carbons (Fsp3) is 0.400. The van der Waals surface area contributed by atoms with Gasteiger partial charge < -0.3 is 9.26 Å². The number of hydrogen-bond donors (Lipinski definition) is 0. The van der Waals surface area contributed by atoms with Crippen LogP contribution in [0, 0.1) is 5.92 Å². The molecule has 0 amide bonds. The van der Waals surface area contributed by atoms with E-state index in [9.17, 15) is 8.42 Å². The van der Waals surface area contributed by atoms with Crippen LogP contribution >= 0.6 is 11.3 Å². The third-order valence-electron chi connectivity index (χ3n) is 5.49. The van der Waals surface area contributed by atoms with Gasteiger partial charge in [0, 0.05) is 36.9 Å². The van der Waals surface area contributed by atoms with Crippen molar-refractivity contribution in [1.82, 2.24) is 14.4 Å². The molecule has 0 unspecified atom stereocenters. The minimum Gasteiger partial charge on any atom is -0.493 e. The lowest BCUT2D eigenvalue weighted by atomic mass is 9.96. The maximum absolute atomic E-state index is 13.2. The molecule has 2 aliphatic heterocycles. The average molecular weight is 432 g/mol. The van der Waals surface area contributed by atoms with Crippen molar-refractivity contribution in [2.75, 3.05) is 19.7 Å². The number of fused-ring (bicyclic) bond motifs is 1. The second-order valence-corrected chi connectivity index (χ2v) is 10.2. The van der Waals surface area contributed by atoms with E-state index < -0.39 is 10.0 Å². The first-order valence-corrected chi connectivity index (χ1v) is 12.1. The van der Waals surface area contributed by atoms with Gasteiger partial charge in [-0.25, -0.2) is 8.42 Å². The molecule has 1 fully saturated rings. The first-order valence-electron chi connectivity index (χ1n) is 9.70. The van der Waals surface area contributed by atoms with Crippen molar-refractivity contribution in [3.63, 3.8) is 0 Å². The van der Waals surface area contributed by atoms with E-state index in [2.05, 4.69) is 10.1 Å². The summed E-state index contributed by atoms with van der Waals surface area (Å²) in [5, 5.41) is 8.00. The Morgan fingerprint density at radius 3 is 3.07 bits per heavy atom. The molecule has 1 saturated heterocycles. The molecule has 1 aromatic carbocycles. The number of thiophene rings is 1.